The highest BCUT2D eigenvalue weighted by atomic mass is 16.1. The van der Waals surface area contributed by atoms with Gasteiger partial charge in [-0.05, 0) is 54.0 Å². The van der Waals surface area contributed by atoms with Gasteiger partial charge in [-0.15, -0.1) is 0 Å². The standard InChI is InChI=1S/C28H27N5O/c1-32(2)17-22-7-3-4-9-24(22)20-10-12-21(13-11-20)26-28(34)27-25(16-30-26)31-18-33(27)23-8-5-6-19(14-23)15-29/h3-14,16,18,26H,15,17,29H2,1-2H3. The molecule has 3 aromatic carbocycles. The lowest BCUT2D eigenvalue weighted by atomic mass is 9.94. The monoisotopic (exact) mass is 449 g/mol. The SMILES string of the molecule is CN(C)Cc1ccccc1-c1ccc(C2N=Cc3ncn(-c4cccc(CN)c4)c3C2=O)cc1. The Hall–Kier alpha value is -3.87. The van der Waals surface area contributed by atoms with Crippen molar-refractivity contribution in [1.82, 2.24) is 14.5 Å². The van der Waals surface area contributed by atoms with Crippen molar-refractivity contribution >= 4 is 12.0 Å². The van der Waals surface area contributed by atoms with Crippen LogP contribution in [0.5, 0.6) is 0 Å². The van der Waals surface area contributed by atoms with E-state index in [0.717, 1.165) is 28.9 Å². The lowest BCUT2D eigenvalue weighted by Crippen LogP contribution is -2.20. The first-order valence-corrected chi connectivity index (χ1v) is 11.3. The van der Waals surface area contributed by atoms with E-state index in [0.29, 0.717) is 17.9 Å². The van der Waals surface area contributed by atoms with Crippen LogP contribution >= 0.6 is 0 Å². The van der Waals surface area contributed by atoms with Gasteiger partial charge in [-0.25, -0.2) is 4.98 Å². The van der Waals surface area contributed by atoms with Crippen LogP contribution in [0.25, 0.3) is 16.8 Å². The van der Waals surface area contributed by atoms with Gasteiger partial charge < -0.3 is 10.6 Å². The maximum atomic E-state index is 13.6. The second-order valence-corrected chi connectivity index (χ2v) is 8.78. The van der Waals surface area contributed by atoms with Crippen LogP contribution in [0, 0.1) is 0 Å². The predicted molar refractivity (Wildman–Crippen MR) is 135 cm³/mol. The van der Waals surface area contributed by atoms with Crippen molar-refractivity contribution in [2.45, 2.75) is 19.1 Å². The molecule has 1 unspecified atom stereocenters. The van der Waals surface area contributed by atoms with E-state index in [1.807, 2.05) is 41.0 Å². The third-order valence-corrected chi connectivity index (χ3v) is 6.09. The predicted octanol–water partition coefficient (Wildman–Crippen LogP) is 4.42. The number of carbonyl (C=O) groups is 1. The van der Waals surface area contributed by atoms with Crippen LogP contribution in [-0.2, 0) is 13.1 Å². The minimum absolute atomic E-state index is 0.0612. The number of nitrogens with zero attached hydrogens (tertiary/aromatic N) is 4. The van der Waals surface area contributed by atoms with Crippen LogP contribution in [-0.4, -0.2) is 40.5 Å². The van der Waals surface area contributed by atoms with Gasteiger partial charge in [0.25, 0.3) is 0 Å². The Kier molecular flexibility index (Phi) is 5.92. The van der Waals surface area contributed by atoms with E-state index in [-0.39, 0.29) is 5.78 Å². The second-order valence-electron chi connectivity index (χ2n) is 8.78. The van der Waals surface area contributed by atoms with Crippen LogP contribution in [0.1, 0.15) is 38.9 Å². The smallest absolute Gasteiger partial charge is 0.210 e. The van der Waals surface area contributed by atoms with E-state index in [9.17, 15) is 4.79 Å². The Morgan fingerprint density at radius 3 is 2.56 bits per heavy atom. The third kappa shape index (κ3) is 4.09. The molecule has 0 saturated heterocycles. The van der Waals surface area contributed by atoms with Crippen molar-refractivity contribution in [3.63, 3.8) is 0 Å². The molecule has 6 nitrogen and oxygen atoms in total. The zero-order chi connectivity index (χ0) is 23.7. The van der Waals surface area contributed by atoms with E-state index < -0.39 is 6.04 Å². The molecule has 0 saturated carbocycles. The highest BCUT2D eigenvalue weighted by molar-refractivity contribution is 6.08. The number of rotatable bonds is 6. The van der Waals surface area contributed by atoms with Crippen molar-refractivity contribution in [3.05, 3.63) is 107 Å². The molecule has 1 aliphatic rings. The van der Waals surface area contributed by atoms with Crippen molar-refractivity contribution in [2.24, 2.45) is 10.7 Å². The average Bonchev–Trinajstić information content (AvgIpc) is 3.30. The number of Topliss-reactive ketones (excluding diaryl/α,β-unsaturated/α-hetero) is 1. The fourth-order valence-corrected chi connectivity index (χ4v) is 4.44. The van der Waals surface area contributed by atoms with Crippen molar-refractivity contribution in [2.75, 3.05) is 14.1 Å². The summed E-state index contributed by atoms with van der Waals surface area (Å²) in [6, 6.07) is 23.8. The summed E-state index contributed by atoms with van der Waals surface area (Å²) in [5.74, 6) is -0.0612. The number of aromatic nitrogens is 2. The zero-order valence-electron chi connectivity index (χ0n) is 19.3. The van der Waals surface area contributed by atoms with E-state index in [1.165, 1.54) is 11.1 Å². The maximum Gasteiger partial charge on any atom is 0.210 e. The summed E-state index contributed by atoms with van der Waals surface area (Å²) in [5, 5.41) is 0. The molecule has 2 heterocycles. The number of ketones is 1. The van der Waals surface area contributed by atoms with Gasteiger partial charge in [0.15, 0.2) is 0 Å². The average molecular weight is 450 g/mol. The van der Waals surface area contributed by atoms with Crippen LogP contribution in [0.2, 0.25) is 0 Å². The number of hydrogen-bond donors (Lipinski definition) is 1. The molecule has 1 atom stereocenters. The van der Waals surface area contributed by atoms with Gasteiger partial charge in [-0.1, -0.05) is 60.7 Å². The number of benzene rings is 3. The lowest BCUT2D eigenvalue weighted by molar-refractivity contribution is 0.0953. The molecule has 0 bridgehead atoms. The highest BCUT2D eigenvalue weighted by Gasteiger charge is 2.30. The van der Waals surface area contributed by atoms with Gasteiger partial charge in [0.1, 0.15) is 23.8 Å². The second kappa shape index (κ2) is 9.17. The molecule has 0 spiro atoms. The van der Waals surface area contributed by atoms with E-state index in [2.05, 4.69) is 65.4 Å². The molecule has 6 heteroatoms. The molecule has 34 heavy (non-hydrogen) atoms. The fourth-order valence-electron chi connectivity index (χ4n) is 4.44. The Morgan fingerprint density at radius 1 is 1.00 bits per heavy atom. The minimum atomic E-state index is -0.591. The summed E-state index contributed by atoms with van der Waals surface area (Å²) in [5.41, 5.74) is 13.3. The van der Waals surface area contributed by atoms with Gasteiger partial charge in [-0.3, -0.25) is 14.4 Å². The number of imidazole rings is 1. The van der Waals surface area contributed by atoms with Gasteiger partial charge in [0, 0.05) is 18.8 Å². The van der Waals surface area contributed by atoms with Crippen LogP contribution < -0.4 is 5.73 Å². The van der Waals surface area contributed by atoms with Crippen molar-refractivity contribution in [1.29, 1.82) is 0 Å². The number of aliphatic imine (C=N–C) groups is 1. The molecule has 2 N–H and O–H groups in total. The Morgan fingerprint density at radius 2 is 1.79 bits per heavy atom. The number of nitrogens with two attached hydrogens (primary N) is 1. The normalized spacial score (nSPS) is 15.1. The first kappa shape index (κ1) is 21.9. The van der Waals surface area contributed by atoms with E-state index >= 15 is 0 Å². The van der Waals surface area contributed by atoms with Gasteiger partial charge in [0.2, 0.25) is 5.78 Å². The van der Waals surface area contributed by atoms with Gasteiger partial charge in [-0.2, -0.15) is 0 Å². The van der Waals surface area contributed by atoms with Gasteiger partial charge in [0.05, 0.1) is 6.21 Å². The molecule has 0 aliphatic carbocycles. The summed E-state index contributed by atoms with van der Waals surface area (Å²) >= 11 is 0. The Bertz CT molecular complexity index is 1370. The molecule has 0 radical (unpaired) electrons. The molecule has 5 rings (SSSR count). The summed E-state index contributed by atoms with van der Waals surface area (Å²) in [6.45, 7) is 1.30. The summed E-state index contributed by atoms with van der Waals surface area (Å²) in [7, 11) is 4.13. The fraction of sp³-hybridized carbons (Fsp3) is 0.179. The topological polar surface area (TPSA) is 76.5 Å². The van der Waals surface area contributed by atoms with Crippen LogP contribution in [0.4, 0.5) is 0 Å². The molecule has 1 aliphatic heterocycles. The van der Waals surface area contributed by atoms with Gasteiger partial charge >= 0.3 is 0 Å². The highest BCUT2D eigenvalue weighted by Crippen LogP contribution is 2.31. The minimum Gasteiger partial charge on any atom is -0.326 e. The van der Waals surface area contributed by atoms with E-state index in [4.69, 9.17) is 5.73 Å². The Balaban J connectivity index is 1.46. The Labute approximate surface area is 199 Å². The molecule has 170 valence electrons. The van der Waals surface area contributed by atoms with Crippen molar-refractivity contribution in [3.8, 4) is 16.8 Å². The number of hydrogen-bond acceptors (Lipinski definition) is 5. The molecule has 1 aromatic heterocycles. The number of carbonyl (C=O) groups excluding carboxylic acids is 1. The first-order valence-electron chi connectivity index (χ1n) is 11.3. The summed E-state index contributed by atoms with van der Waals surface area (Å²) in [4.78, 5) is 24.7. The quantitative estimate of drug-likeness (QED) is 0.473. The summed E-state index contributed by atoms with van der Waals surface area (Å²) in [6.07, 6.45) is 3.38. The number of fused-ring (bicyclic) bond motifs is 1. The maximum absolute atomic E-state index is 13.6. The largest absolute Gasteiger partial charge is 0.326 e. The van der Waals surface area contributed by atoms with Crippen molar-refractivity contribution < 1.29 is 4.79 Å². The third-order valence-electron chi connectivity index (χ3n) is 6.09. The lowest BCUT2D eigenvalue weighted by Gasteiger charge is -2.19. The molecular weight excluding hydrogens is 422 g/mol. The van der Waals surface area contributed by atoms with Crippen LogP contribution in [0.3, 0.4) is 0 Å². The van der Waals surface area contributed by atoms with E-state index in [1.54, 1.807) is 12.5 Å². The summed E-state index contributed by atoms with van der Waals surface area (Å²) < 4.78 is 1.83. The van der Waals surface area contributed by atoms with Crippen LogP contribution in [0.15, 0.2) is 84.1 Å². The molecule has 0 fully saturated rings. The first-order chi connectivity index (χ1) is 16.5. The molecule has 4 aromatic rings. The zero-order valence-corrected chi connectivity index (χ0v) is 19.3. The molecule has 0 amide bonds. The molecular formula is C28H27N5O.